The fourth-order valence-electron chi connectivity index (χ4n) is 2.37. The standard InChI is InChI=1S/C15H21NO2/c1-11-5-4-6-13(9-11)15(7-8-15)14(17)16-12(2)10-18-3/h4-6,9,12H,7-8,10H2,1-3H3,(H,16,17)/t12-/m1/s1. The lowest BCUT2D eigenvalue weighted by molar-refractivity contribution is -0.124. The summed E-state index contributed by atoms with van der Waals surface area (Å²) in [5.41, 5.74) is 2.06. The summed E-state index contributed by atoms with van der Waals surface area (Å²) >= 11 is 0. The van der Waals surface area contributed by atoms with Crippen LogP contribution < -0.4 is 5.32 Å². The van der Waals surface area contributed by atoms with Crippen LogP contribution in [-0.4, -0.2) is 25.7 Å². The van der Waals surface area contributed by atoms with Crippen LogP contribution in [0.3, 0.4) is 0 Å². The Morgan fingerprint density at radius 2 is 2.22 bits per heavy atom. The molecule has 1 amide bonds. The molecule has 0 saturated heterocycles. The van der Waals surface area contributed by atoms with Crippen LogP contribution in [-0.2, 0) is 14.9 Å². The van der Waals surface area contributed by atoms with E-state index in [1.54, 1.807) is 7.11 Å². The molecular weight excluding hydrogens is 226 g/mol. The van der Waals surface area contributed by atoms with E-state index in [1.165, 1.54) is 5.56 Å². The molecule has 0 radical (unpaired) electrons. The summed E-state index contributed by atoms with van der Waals surface area (Å²) in [4.78, 5) is 12.4. The van der Waals surface area contributed by atoms with Gasteiger partial charge in [0, 0.05) is 13.2 Å². The highest BCUT2D eigenvalue weighted by atomic mass is 16.5. The Labute approximate surface area is 109 Å². The number of ether oxygens (including phenoxy) is 1. The van der Waals surface area contributed by atoms with Gasteiger partial charge in [0.2, 0.25) is 5.91 Å². The Kier molecular flexibility index (Phi) is 3.71. The molecule has 3 heteroatoms. The molecule has 0 unspecified atom stereocenters. The molecule has 1 aromatic rings. The van der Waals surface area contributed by atoms with Crippen molar-refractivity contribution in [2.75, 3.05) is 13.7 Å². The maximum Gasteiger partial charge on any atom is 0.230 e. The summed E-state index contributed by atoms with van der Waals surface area (Å²) in [6.45, 7) is 4.58. The third-order valence-electron chi connectivity index (χ3n) is 3.55. The minimum atomic E-state index is -0.284. The second-order valence-corrected chi connectivity index (χ2v) is 5.28. The molecule has 1 aliphatic rings. The van der Waals surface area contributed by atoms with Gasteiger partial charge in [-0.05, 0) is 32.3 Å². The van der Waals surface area contributed by atoms with Crippen molar-refractivity contribution in [2.45, 2.75) is 38.1 Å². The number of methoxy groups -OCH3 is 1. The zero-order chi connectivity index (χ0) is 13.2. The van der Waals surface area contributed by atoms with Crippen molar-refractivity contribution in [1.82, 2.24) is 5.32 Å². The first kappa shape index (κ1) is 13.1. The van der Waals surface area contributed by atoms with Crippen LogP contribution in [0.2, 0.25) is 0 Å². The Morgan fingerprint density at radius 3 is 2.78 bits per heavy atom. The molecule has 2 rings (SSSR count). The number of hydrogen-bond donors (Lipinski definition) is 1. The number of amides is 1. The molecule has 18 heavy (non-hydrogen) atoms. The van der Waals surface area contributed by atoms with Crippen molar-refractivity contribution < 1.29 is 9.53 Å². The molecule has 0 heterocycles. The molecule has 0 aliphatic heterocycles. The van der Waals surface area contributed by atoms with Gasteiger partial charge in [-0.25, -0.2) is 0 Å². The first-order valence-corrected chi connectivity index (χ1v) is 6.45. The van der Waals surface area contributed by atoms with E-state index in [0.29, 0.717) is 6.61 Å². The van der Waals surface area contributed by atoms with Crippen LogP contribution in [0.5, 0.6) is 0 Å². The van der Waals surface area contributed by atoms with E-state index in [1.807, 2.05) is 13.0 Å². The summed E-state index contributed by atoms with van der Waals surface area (Å²) in [5.74, 6) is 0.137. The molecule has 3 nitrogen and oxygen atoms in total. The van der Waals surface area contributed by atoms with Gasteiger partial charge in [-0.2, -0.15) is 0 Å². The average molecular weight is 247 g/mol. The minimum absolute atomic E-state index is 0.0600. The van der Waals surface area contributed by atoms with Gasteiger partial charge in [0.1, 0.15) is 0 Å². The third-order valence-corrected chi connectivity index (χ3v) is 3.55. The molecule has 1 aromatic carbocycles. The van der Waals surface area contributed by atoms with Gasteiger partial charge in [-0.3, -0.25) is 4.79 Å². The normalized spacial score (nSPS) is 18.2. The van der Waals surface area contributed by atoms with Crippen LogP contribution in [0.4, 0.5) is 0 Å². The lowest BCUT2D eigenvalue weighted by atomic mass is 9.93. The largest absolute Gasteiger partial charge is 0.383 e. The Morgan fingerprint density at radius 1 is 1.50 bits per heavy atom. The number of nitrogens with one attached hydrogen (secondary N) is 1. The Balaban J connectivity index is 2.10. The maximum absolute atomic E-state index is 12.4. The highest BCUT2D eigenvalue weighted by Crippen LogP contribution is 2.48. The summed E-state index contributed by atoms with van der Waals surface area (Å²) in [6, 6.07) is 8.32. The fourth-order valence-corrected chi connectivity index (χ4v) is 2.37. The molecule has 1 atom stereocenters. The molecule has 0 spiro atoms. The Hall–Kier alpha value is -1.35. The molecule has 0 bridgehead atoms. The minimum Gasteiger partial charge on any atom is -0.383 e. The van der Waals surface area contributed by atoms with E-state index in [-0.39, 0.29) is 17.4 Å². The van der Waals surface area contributed by atoms with Gasteiger partial charge in [0.25, 0.3) is 0 Å². The summed E-state index contributed by atoms with van der Waals surface area (Å²) in [6.07, 6.45) is 1.89. The van der Waals surface area contributed by atoms with Gasteiger partial charge in [-0.15, -0.1) is 0 Å². The maximum atomic E-state index is 12.4. The first-order valence-electron chi connectivity index (χ1n) is 6.45. The van der Waals surface area contributed by atoms with Crippen LogP contribution >= 0.6 is 0 Å². The summed E-state index contributed by atoms with van der Waals surface area (Å²) in [5, 5.41) is 3.04. The van der Waals surface area contributed by atoms with E-state index in [9.17, 15) is 4.79 Å². The smallest absolute Gasteiger partial charge is 0.230 e. The summed E-state index contributed by atoms with van der Waals surface area (Å²) in [7, 11) is 1.65. The predicted molar refractivity (Wildman–Crippen MR) is 71.6 cm³/mol. The number of benzene rings is 1. The molecule has 1 saturated carbocycles. The molecule has 0 aromatic heterocycles. The summed E-state index contributed by atoms with van der Waals surface area (Å²) < 4.78 is 5.05. The number of carbonyl (C=O) groups is 1. The second-order valence-electron chi connectivity index (χ2n) is 5.28. The van der Waals surface area contributed by atoms with Crippen molar-refractivity contribution in [3.8, 4) is 0 Å². The highest BCUT2D eigenvalue weighted by Gasteiger charge is 2.51. The van der Waals surface area contributed by atoms with Crippen molar-refractivity contribution >= 4 is 5.91 Å². The molecule has 1 fully saturated rings. The molecule has 1 aliphatic carbocycles. The molecule has 1 N–H and O–H groups in total. The van der Waals surface area contributed by atoms with E-state index in [2.05, 4.69) is 30.4 Å². The van der Waals surface area contributed by atoms with Crippen LogP contribution in [0.15, 0.2) is 24.3 Å². The van der Waals surface area contributed by atoms with Crippen LogP contribution in [0.25, 0.3) is 0 Å². The number of hydrogen-bond acceptors (Lipinski definition) is 2. The first-order chi connectivity index (χ1) is 8.58. The van der Waals surface area contributed by atoms with Crippen LogP contribution in [0, 0.1) is 6.92 Å². The number of carbonyl (C=O) groups excluding carboxylic acids is 1. The van der Waals surface area contributed by atoms with Gasteiger partial charge < -0.3 is 10.1 Å². The van der Waals surface area contributed by atoms with Crippen molar-refractivity contribution in [1.29, 1.82) is 0 Å². The average Bonchev–Trinajstić information content (AvgIpc) is 3.10. The van der Waals surface area contributed by atoms with E-state index in [4.69, 9.17) is 4.74 Å². The van der Waals surface area contributed by atoms with Crippen molar-refractivity contribution in [3.63, 3.8) is 0 Å². The quantitative estimate of drug-likeness (QED) is 0.866. The second kappa shape index (κ2) is 5.11. The van der Waals surface area contributed by atoms with E-state index in [0.717, 1.165) is 18.4 Å². The zero-order valence-corrected chi connectivity index (χ0v) is 11.3. The van der Waals surface area contributed by atoms with E-state index < -0.39 is 0 Å². The molecular formula is C15H21NO2. The lowest BCUT2D eigenvalue weighted by Crippen LogP contribution is -2.42. The van der Waals surface area contributed by atoms with Gasteiger partial charge in [-0.1, -0.05) is 29.8 Å². The van der Waals surface area contributed by atoms with Crippen molar-refractivity contribution in [3.05, 3.63) is 35.4 Å². The fraction of sp³-hybridized carbons (Fsp3) is 0.533. The topological polar surface area (TPSA) is 38.3 Å². The third kappa shape index (κ3) is 2.56. The van der Waals surface area contributed by atoms with Gasteiger partial charge in [0.05, 0.1) is 12.0 Å². The van der Waals surface area contributed by atoms with Crippen LogP contribution in [0.1, 0.15) is 30.9 Å². The van der Waals surface area contributed by atoms with Gasteiger partial charge >= 0.3 is 0 Å². The SMILES string of the molecule is COC[C@@H](C)NC(=O)C1(c2cccc(C)c2)CC1. The van der Waals surface area contributed by atoms with E-state index >= 15 is 0 Å². The number of rotatable bonds is 5. The van der Waals surface area contributed by atoms with Gasteiger partial charge in [0.15, 0.2) is 0 Å². The predicted octanol–water partition coefficient (Wildman–Crippen LogP) is 2.18. The highest BCUT2D eigenvalue weighted by molar-refractivity contribution is 5.91. The number of aryl methyl sites for hydroxylation is 1. The Bertz CT molecular complexity index is 438. The lowest BCUT2D eigenvalue weighted by Gasteiger charge is -2.20. The monoisotopic (exact) mass is 247 g/mol. The zero-order valence-electron chi connectivity index (χ0n) is 11.3. The van der Waals surface area contributed by atoms with Crippen molar-refractivity contribution in [2.24, 2.45) is 0 Å². The molecule has 98 valence electrons.